The number of alkyl halides is 3. The van der Waals surface area contributed by atoms with Crippen LogP contribution >= 0.6 is 11.6 Å². The lowest BCUT2D eigenvalue weighted by Crippen LogP contribution is -2.71. The van der Waals surface area contributed by atoms with Gasteiger partial charge in [0.15, 0.2) is 22.8 Å². The Morgan fingerprint density at radius 3 is 2.53 bits per heavy atom. The molecule has 176 valence electrons. The smallest absolute Gasteiger partial charge is 0.303 e. The van der Waals surface area contributed by atoms with Gasteiger partial charge in [0.2, 0.25) is 0 Å². The van der Waals surface area contributed by atoms with E-state index < -0.39 is 75.5 Å². The summed E-state index contributed by atoms with van der Waals surface area (Å²) in [6, 6.07) is 0. The van der Waals surface area contributed by atoms with Gasteiger partial charge in [-0.1, -0.05) is 19.9 Å². The molecular weight excluding hydrogens is 442 g/mol. The van der Waals surface area contributed by atoms with E-state index in [1.54, 1.807) is 13.8 Å². The number of fused-ring (bicyclic) bond motifs is 5. The number of hydrogen-bond donors (Lipinski definition) is 1. The van der Waals surface area contributed by atoms with E-state index >= 15 is 8.78 Å². The number of carbonyl (C=O) groups is 3. The monoisotopic (exact) mass is 470 g/mol. The van der Waals surface area contributed by atoms with Gasteiger partial charge in [-0.25, -0.2) is 8.78 Å². The van der Waals surface area contributed by atoms with Gasteiger partial charge in [-0.15, -0.1) is 11.6 Å². The molecule has 3 fully saturated rings. The highest BCUT2D eigenvalue weighted by Gasteiger charge is 2.77. The topological polar surface area (TPSA) is 80.7 Å². The Morgan fingerprint density at radius 2 is 1.94 bits per heavy atom. The van der Waals surface area contributed by atoms with E-state index in [2.05, 4.69) is 0 Å². The van der Waals surface area contributed by atoms with E-state index in [0.29, 0.717) is 6.42 Å². The maximum absolute atomic E-state index is 17.1. The Bertz CT molecular complexity index is 949. The maximum Gasteiger partial charge on any atom is 0.303 e. The van der Waals surface area contributed by atoms with Gasteiger partial charge < -0.3 is 9.84 Å². The third-order valence-electron chi connectivity index (χ3n) is 9.01. The van der Waals surface area contributed by atoms with E-state index in [0.717, 1.165) is 6.08 Å². The summed E-state index contributed by atoms with van der Waals surface area (Å²) in [4.78, 5) is 37.1. The molecular formula is C24H29ClF2O5. The molecule has 0 heterocycles. The zero-order chi connectivity index (χ0) is 23.9. The van der Waals surface area contributed by atoms with Crippen molar-refractivity contribution in [3.63, 3.8) is 0 Å². The summed E-state index contributed by atoms with van der Waals surface area (Å²) >= 11 is 5.93. The zero-order valence-corrected chi connectivity index (χ0v) is 19.4. The van der Waals surface area contributed by atoms with Gasteiger partial charge in [-0.2, -0.15) is 0 Å². The molecule has 0 unspecified atom stereocenters. The van der Waals surface area contributed by atoms with Gasteiger partial charge in [0, 0.05) is 29.6 Å². The molecule has 4 aliphatic carbocycles. The summed E-state index contributed by atoms with van der Waals surface area (Å²) in [6.07, 6.45) is 0.520. The number of Topliss-reactive ketones (excluding diaryl/α,β-unsaturated/α-hetero) is 1. The van der Waals surface area contributed by atoms with E-state index in [1.807, 2.05) is 0 Å². The van der Waals surface area contributed by atoms with Crippen LogP contribution in [0.2, 0.25) is 0 Å². The summed E-state index contributed by atoms with van der Waals surface area (Å²) in [7, 11) is 0. The molecule has 32 heavy (non-hydrogen) atoms. The molecule has 0 aromatic heterocycles. The molecule has 0 amide bonds. The largest absolute Gasteiger partial charge is 0.450 e. The van der Waals surface area contributed by atoms with Crippen molar-refractivity contribution >= 4 is 29.1 Å². The van der Waals surface area contributed by atoms with Gasteiger partial charge in [0.1, 0.15) is 6.17 Å². The maximum atomic E-state index is 17.1. The van der Waals surface area contributed by atoms with Crippen LogP contribution < -0.4 is 0 Å². The number of allylic oxidation sites excluding steroid dienone is 4. The quantitative estimate of drug-likeness (QED) is 0.503. The number of aliphatic hydroxyl groups excluding tert-OH is 1. The molecule has 0 bridgehead atoms. The number of ether oxygens (including phenoxy) is 1. The van der Waals surface area contributed by atoms with Gasteiger partial charge >= 0.3 is 5.97 Å². The minimum Gasteiger partial charge on any atom is -0.450 e. The number of ketones is 2. The predicted octanol–water partition coefficient (Wildman–Crippen LogP) is 3.66. The number of esters is 1. The molecule has 5 nitrogen and oxygen atoms in total. The van der Waals surface area contributed by atoms with Crippen LogP contribution in [0.15, 0.2) is 23.8 Å². The van der Waals surface area contributed by atoms with Crippen LogP contribution in [0.4, 0.5) is 8.78 Å². The number of hydrogen-bond acceptors (Lipinski definition) is 5. The second-order valence-corrected chi connectivity index (χ2v) is 10.6. The molecule has 0 saturated heterocycles. The van der Waals surface area contributed by atoms with Gasteiger partial charge in [-0.3, -0.25) is 14.4 Å². The van der Waals surface area contributed by atoms with Gasteiger partial charge in [0.25, 0.3) is 0 Å². The third-order valence-corrected chi connectivity index (χ3v) is 9.25. The van der Waals surface area contributed by atoms with E-state index in [-0.39, 0.29) is 18.4 Å². The highest BCUT2D eigenvalue weighted by Crippen LogP contribution is 2.71. The number of halogens is 3. The summed E-state index contributed by atoms with van der Waals surface area (Å²) in [5.41, 5.74) is -6.47. The van der Waals surface area contributed by atoms with E-state index in [1.165, 1.54) is 26.0 Å². The lowest BCUT2D eigenvalue weighted by atomic mass is 9.44. The predicted molar refractivity (Wildman–Crippen MR) is 113 cm³/mol. The number of rotatable bonds is 3. The molecule has 8 heteroatoms. The van der Waals surface area contributed by atoms with Crippen molar-refractivity contribution in [1.82, 2.24) is 0 Å². The van der Waals surface area contributed by atoms with E-state index in [9.17, 15) is 19.5 Å². The van der Waals surface area contributed by atoms with Crippen LogP contribution in [0.25, 0.3) is 0 Å². The minimum atomic E-state index is -2.25. The Balaban J connectivity index is 1.89. The molecule has 0 aromatic rings. The summed E-state index contributed by atoms with van der Waals surface area (Å²) in [5.74, 6) is -3.95. The lowest BCUT2D eigenvalue weighted by Gasteiger charge is -2.63. The Morgan fingerprint density at radius 1 is 1.28 bits per heavy atom. The Labute approximate surface area is 191 Å². The highest BCUT2D eigenvalue weighted by molar-refractivity contribution is 6.29. The molecule has 4 rings (SSSR count). The lowest BCUT2D eigenvalue weighted by molar-refractivity contribution is -0.229. The normalized spacial score (nSPS) is 49.6. The van der Waals surface area contributed by atoms with Gasteiger partial charge in [-0.05, 0) is 49.8 Å². The minimum absolute atomic E-state index is 0.0422. The zero-order valence-electron chi connectivity index (χ0n) is 18.7. The first-order chi connectivity index (χ1) is 14.8. The fourth-order valence-electron chi connectivity index (χ4n) is 7.72. The van der Waals surface area contributed by atoms with Crippen molar-refractivity contribution < 1.29 is 33.0 Å². The first kappa shape index (κ1) is 23.6. The number of carbonyl (C=O) groups excluding carboxylic acids is 3. The van der Waals surface area contributed by atoms with Crippen molar-refractivity contribution in [2.45, 2.75) is 70.5 Å². The summed E-state index contributed by atoms with van der Waals surface area (Å²) < 4.78 is 38.3. The second kappa shape index (κ2) is 7.20. The SMILES string of the molecule is CC(=O)O[C@@]1(C(=O)CCl)[C@@H](C)C[C@H]2[C@@H]3C[C@H](F)C4=CC(=O)C=C[C@]4(C)[C@@]3(F)[C@@H](O)C[C@@]21C. The first-order valence-corrected chi connectivity index (χ1v) is 11.6. The molecule has 0 aromatic carbocycles. The highest BCUT2D eigenvalue weighted by atomic mass is 35.5. The van der Waals surface area contributed by atoms with Crippen LogP contribution in [0.1, 0.15) is 47.0 Å². The van der Waals surface area contributed by atoms with Crippen LogP contribution in [0.5, 0.6) is 0 Å². The third kappa shape index (κ3) is 2.61. The molecule has 9 atom stereocenters. The molecule has 0 radical (unpaired) electrons. The molecule has 0 aliphatic heterocycles. The first-order valence-electron chi connectivity index (χ1n) is 11.0. The van der Waals surface area contributed by atoms with Crippen LogP contribution in [0, 0.1) is 28.6 Å². The standard InChI is InChI=1S/C24H29ClF2O5/c1-12-7-15-16-9-18(26)17-8-14(29)5-6-21(17,3)23(16,27)19(30)10-22(15,4)24(12,20(31)11-25)32-13(2)28/h5-6,8,12,15-16,18-19,30H,7,9-11H2,1-4H3/t12-,15-,16-,18-,19-,21-,22-,23-,24+/m0/s1. The van der Waals surface area contributed by atoms with Crippen molar-refractivity contribution in [2.24, 2.45) is 28.6 Å². The molecule has 0 spiro atoms. The van der Waals surface area contributed by atoms with Crippen LogP contribution in [-0.4, -0.2) is 52.1 Å². The van der Waals surface area contributed by atoms with E-state index in [4.69, 9.17) is 16.3 Å². The average molecular weight is 471 g/mol. The summed E-state index contributed by atoms with van der Waals surface area (Å²) in [6.45, 7) is 6.20. The molecule has 3 saturated carbocycles. The number of aliphatic hydroxyl groups is 1. The van der Waals surface area contributed by atoms with Crippen molar-refractivity contribution in [3.05, 3.63) is 23.8 Å². The van der Waals surface area contributed by atoms with Crippen molar-refractivity contribution in [2.75, 3.05) is 5.88 Å². The van der Waals surface area contributed by atoms with Crippen molar-refractivity contribution in [1.29, 1.82) is 0 Å². The average Bonchev–Trinajstić information content (AvgIpc) is 2.92. The van der Waals surface area contributed by atoms with Crippen LogP contribution in [0.3, 0.4) is 0 Å². The fourth-order valence-corrected chi connectivity index (χ4v) is 7.92. The Kier molecular flexibility index (Phi) is 5.30. The second-order valence-electron chi connectivity index (χ2n) is 10.4. The fraction of sp³-hybridized carbons (Fsp3) is 0.708. The van der Waals surface area contributed by atoms with Crippen molar-refractivity contribution in [3.8, 4) is 0 Å². The molecule has 4 aliphatic rings. The molecule has 1 N–H and O–H groups in total. The summed E-state index contributed by atoms with van der Waals surface area (Å²) in [5, 5.41) is 11.3. The van der Waals surface area contributed by atoms with Gasteiger partial charge in [0.05, 0.1) is 12.0 Å². The van der Waals surface area contributed by atoms with Crippen LogP contribution in [-0.2, 0) is 19.1 Å². The Hall–Kier alpha value is -1.60.